The molecule has 4 rings (SSSR count). The van der Waals surface area contributed by atoms with Crippen molar-refractivity contribution >= 4 is 34.8 Å². The number of methoxy groups -OCH3 is 1. The number of ether oxygens (including phenoxy) is 1. The molecule has 0 saturated heterocycles. The number of hydrogen-bond acceptors (Lipinski definition) is 4. The van der Waals surface area contributed by atoms with E-state index in [9.17, 15) is 14.4 Å². The molecule has 1 aliphatic rings. The van der Waals surface area contributed by atoms with Crippen LogP contribution in [0.25, 0.3) is 0 Å². The van der Waals surface area contributed by atoms with Gasteiger partial charge in [0.05, 0.1) is 24.5 Å². The van der Waals surface area contributed by atoms with Gasteiger partial charge < -0.3 is 10.1 Å². The van der Waals surface area contributed by atoms with E-state index >= 15 is 0 Å². The van der Waals surface area contributed by atoms with Crippen LogP contribution in [0.5, 0.6) is 0 Å². The minimum atomic E-state index is -0.547. The van der Waals surface area contributed by atoms with Crippen molar-refractivity contribution in [1.29, 1.82) is 0 Å². The highest BCUT2D eigenvalue weighted by atomic mass is 16.5. The van der Waals surface area contributed by atoms with Crippen LogP contribution in [0, 0.1) is 11.8 Å². The second-order valence-electron chi connectivity index (χ2n) is 8.06. The van der Waals surface area contributed by atoms with E-state index in [0.29, 0.717) is 24.1 Å². The Morgan fingerprint density at radius 2 is 1.38 bits per heavy atom. The summed E-state index contributed by atoms with van der Waals surface area (Å²) in [7, 11) is 1.31. The molecule has 34 heavy (non-hydrogen) atoms. The predicted molar refractivity (Wildman–Crippen MR) is 132 cm³/mol. The molecule has 1 aliphatic carbocycles. The summed E-state index contributed by atoms with van der Waals surface area (Å²) in [5, 5.41) is 2.88. The summed E-state index contributed by atoms with van der Waals surface area (Å²) < 4.78 is 4.76. The van der Waals surface area contributed by atoms with Crippen molar-refractivity contribution < 1.29 is 19.1 Å². The van der Waals surface area contributed by atoms with Crippen LogP contribution >= 0.6 is 0 Å². The highest BCUT2D eigenvalue weighted by Gasteiger charge is 2.37. The molecule has 2 atom stereocenters. The number of rotatable bonds is 6. The second kappa shape index (κ2) is 10.6. The number of allylic oxidation sites excluding steroid dienone is 2. The molecule has 0 aromatic heterocycles. The number of benzene rings is 3. The van der Waals surface area contributed by atoms with E-state index in [4.69, 9.17) is 4.74 Å². The van der Waals surface area contributed by atoms with Crippen molar-refractivity contribution in [3.05, 3.63) is 103 Å². The number of esters is 1. The second-order valence-corrected chi connectivity index (χ2v) is 8.06. The summed E-state index contributed by atoms with van der Waals surface area (Å²) in [5.74, 6) is -1.95. The molecular formula is C28H26N2O4. The Labute approximate surface area is 198 Å². The molecule has 0 bridgehead atoms. The van der Waals surface area contributed by atoms with Crippen LogP contribution in [0.2, 0.25) is 0 Å². The van der Waals surface area contributed by atoms with Gasteiger partial charge in [-0.2, -0.15) is 0 Å². The number of carbonyl (C=O) groups excluding carboxylic acids is 3. The highest BCUT2D eigenvalue weighted by molar-refractivity contribution is 6.05. The maximum atomic E-state index is 13.9. The molecule has 0 saturated carbocycles. The van der Waals surface area contributed by atoms with Gasteiger partial charge in [-0.1, -0.05) is 54.6 Å². The SMILES string of the molecule is COC(=O)c1cccc(NC(=O)C2CC=CCC2C(=O)N(c2ccccc2)c2ccccc2)c1. The zero-order valence-electron chi connectivity index (χ0n) is 18.9. The number of para-hydroxylation sites is 2. The number of amides is 2. The lowest BCUT2D eigenvalue weighted by Gasteiger charge is -2.32. The fraction of sp³-hybridized carbons (Fsp3) is 0.179. The number of carbonyl (C=O) groups is 3. The molecule has 6 heteroatoms. The average Bonchev–Trinajstić information content (AvgIpc) is 2.89. The first-order valence-electron chi connectivity index (χ1n) is 11.2. The Morgan fingerprint density at radius 1 is 0.794 bits per heavy atom. The average molecular weight is 455 g/mol. The van der Waals surface area contributed by atoms with Gasteiger partial charge in [0.25, 0.3) is 0 Å². The Kier molecular flexibility index (Phi) is 7.18. The van der Waals surface area contributed by atoms with Gasteiger partial charge in [0.2, 0.25) is 11.8 Å². The highest BCUT2D eigenvalue weighted by Crippen LogP contribution is 2.34. The van der Waals surface area contributed by atoms with E-state index in [1.165, 1.54) is 7.11 Å². The normalized spacial score (nSPS) is 17.0. The lowest BCUT2D eigenvalue weighted by Crippen LogP contribution is -2.41. The van der Waals surface area contributed by atoms with Crippen LogP contribution < -0.4 is 10.2 Å². The Morgan fingerprint density at radius 3 is 1.97 bits per heavy atom. The summed E-state index contributed by atoms with van der Waals surface area (Å²) >= 11 is 0. The zero-order chi connectivity index (χ0) is 23.9. The first kappa shape index (κ1) is 23.0. The van der Waals surface area contributed by atoms with E-state index in [1.807, 2.05) is 72.8 Å². The summed E-state index contributed by atoms with van der Waals surface area (Å²) in [6.45, 7) is 0. The van der Waals surface area contributed by atoms with Gasteiger partial charge in [0, 0.05) is 17.1 Å². The molecule has 0 fully saturated rings. The number of nitrogens with zero attached hydrogens (tertiary/aromatic N) is 1. The van der Waals surface area contributed by atoms with E-state index in [2.05, 4.69) is 5.32 Å². The maximum absolute atomic E-state index is 13.9. The lowest BCUT2D eigenvalue weighted by atomic mass is 9.81. The van der Waals surface area contributed by atoms with Gasteiger partial charge in [-0.15, -0.1) is 0 Å². The Bertz CT molecular complexity index is 1150. The van der Waals surface area contributed by atoms with Crippen LogP contribution in [0.15, 0.2) is 97.1 Å². The number of hydrogen-bond donors (Lipinski definition) is 1. The third kappa shape index (κ3) is 5.07. The van der Waals surface area contributed by atoms with Gasteiger partial charge in [-0.3, -0.25) is 14.5 Å². The smallest absolute Gasteiger partial charge is 0.337 e. The Balaban J connectivity index is 1.61. The van der Waals surface area contributed by atoms with E-state index in [1.54, 1.807) is 29.2 Å². The molecule has 0 radical (unpaired) electrons. The van der Waals surface area contributed by atoms with Crippen LogP contribution in [0.4, 0.5) is 17.1 Å². The zero-order valence-corrected chi connectivity index (χ0v) is 18.9. The first-order valence-corrected chi connectivity index (χ1v) is 11.2. The summed E-state index contributed by atoms with van der Waals surface area (Å²) in [6.07, 6.45) is 4.82. The molecule has 2 unspecified atom stereocenters. The molecule has 3 aromatic carbocycles. The van der Waals surface area contributed by atoms with Gasteiger partial charge in [0.15, 0.2) is 0 Å². The molecular weight excluding hydrogens is 428 g/mol. The van der Waals surface area contributed by atoms with Crippen molar-refractivity contribution in [1.82, 2.24) is 0 Å². The molecule has 3 aromatic rings. The predicted octanol–water partition coefficient (Wildman–Crippen LogP) is 5.36. The van der Waals surface area contributed by atoms with Crippen molar-refractivity contribution in [2.75, 3.05) is 17.3 Å². The minimum Gasteiger partial charge on any atom is -0.465 e. The molecule has 172 valence electrons. The van der Waals surface area contributed by atoms with Crippen molar-refractivity contribution in [2.24, 2.45) is 11.8 Å². The third-order valence-electron chi connectivity index (χ3n) is 5.89. The first-order chi connectivity index (χ1) is 16.6. The third-order valence-corrected chi connectivity index (χ3v) is 5.89. The summed E-state index contributed by atoms with van der Waals surface area (Å²) in [5.41, 5.74) is 2.32. The van der Waals surface area contributed by atoms with Crippen LogP contribution in [-0.4, -0.2) is 24.9 Å². The van der Waals surface area contributed by atoms with Crippen LogP contribution in [0.1, 0.15) is 23.2 Å². The molecule has 0 aliphatic heterocycles. The van der Waals surface area contributed by atoms with Crippen molar-refractivity contribution in [2.45, 2.75) is 12.8 Å². The van der Waals surface area contributed by atoms with Crippen molar-refractivity contribution in [3.63, 3.8) is 0 Å². The minimum absolute atomic E-state index is 0.134. The summed E-state index contributed by atoms with van der Waals surface area (Å²) in [4.78, 5) is 40.7. The fourth-order valence-electron chi connectivity index (χ4n) is 4.18. The van der Waals surface area contributed by atoms with E-state index in [0.717, 1.165) is 11.4 Å². The fourth-order valence-corrected chi connectivity index (χ4v) is 4.18. The van der Waals surface area contributed by atoms with E-state index < -0.39 is 17.8 Å². The molecule has 0 spiro atoms. The topological polar surface area (TPSA) is 75.7 Å². The molecule has 2 amide bonds. The quantitative estimate of drug-likeness (QED) is 0.402. The van der Waals surface area contributed by atoms with E-state index in [-0.39, 0.29) is 11.8 Å². The molecule has 6 nitrogen and oxygen atoms in total. The van der Waals surface area contributed by atoms with Gasteiger partial charge in [-0.25, -0.2) is 4.79 Å². The Hall–Kier alpha value is -4.19. The van der Waals surface area contributed by atoms with Gasteiger partial charge in [0.1, 0.15) is 0 Å². The van der Waals surface area contributed by atoms with Crippen LogP contribution in [0.3, 0.4) is 0 Å². The maximum Gasteiger partial charge on any atom is 0.337 e. The van der Waals surface area contributed by atoms with Gasteiger partial charge >= 0.3 is 5.97 Å². The standard InChI is InChI=1S/C28H26N2O4/c1-34-28(33)20-11-10-12-21(19-20)29-26(31)24-17-8-9-18-25(24)27(32)30(22-13-4-2-5-14-22)23-15-6-3-7-16-23/h2-16,19,24-25H,17-18H2,1H3,(H,29,31). The monoisotopic (exact) mass is 454 g/mol. The van der Waals surface area contributed by atoms with Crippen LogP contribution in [-0.2, 0) is 14.3 Å². The summed E-state index contributed by atoms with van der Waals surface area (Å²) in [6, 6.07) is 25.5. The molecule has 0 heterocycles. The number of anilines is 3. The molecule has 1 N–H and O–H groups in total. The van der Waals surface area contributed by atoms with Crippen molar-refractivity contribution in [3.8, 4) is 0 Å². The lowest BCUT2D eigenvalue weighted by molar-refractivity contribution is -0.130. The number of nitrogens with one attached hydrogen (secondary N) is 1. The van der Waals surface area contributed by atoms with Gasteiger partial charge in [-0.05, 0) is 55.3 Å². The largest absolute Gasteiger partial charge is 0.465 e.